The van der Waals surface area contributed by atoms with Crippen molar-refractivity contribution in [1.29, 1.82) is 0 Å². The Balaban J connectivity index is 1.89. The van der Waals surface area contributed by atoms with Crippen LogP contribution in [0.25, 0.3) is 0 Å². The van der Waals surface area contributed by atoms with Crippen LogP contribution in [0.3, 0.4) is 0 Å². The molecule has 0 unspecified atom stereocenters. The first-order valence-corrected chi connectivity index (χ1v) is 10.2. The number of carbonyl (C=O) groups excluding carboxylic acids is 2. The van der Waals surface area contributed by atoms with E-state index in [1.807, 2.05) is 42.7 Å². The summed E-state index contributed by atoms with van der Waals surface area (Å²) in [5, 5.41) is 5.93. The monoisotopic (exact) mass is 382 g/mol. The fourth-order valence-corrected chi connectivity index (χ4v) is 3.57. The fraction of sp³-hybridized carbons (Fsp3) is 0.500. The maximum absolute atomic E-state index is 13.0. The molecule has 1 aliphatic rings. The van der Waals surface area contributed by atoms with Crippen LogP contribution in [0.2, 0.25) is 0 Å². The second-order valence-corrected chi connectivity index (χ2v) is 8.14. The van der Waals surface area contributed by atoms with Crippen molar-refractivity contribution < 1.29 is 9.59 Å². The number of imidazole rings is 1. The van der Waals surface area contributed by atoms with Gasteiger partial charge in [0.25, 0.3) is 11.8 Å². The van der Waals surface area contributed by atoms with E-state index in [-0.39, 0.29) is 11.8 Å². The van der Waals surface area contributed by atoms with Crippen LogP contribution in [0.4, 0.5) is 5.69 Å². The molecule has 3 rings (SSSR count). The highest BCUT2D eigenvalue weighted by Gasteiger charge is 2.27. The minimum Gasteiger partial charge on any atom is -0.349 e. The van der Waals surface area contributed by atoms with Crippen molar-refractivity contribution in [3.8, 4) is 0 Å². The van der Waals surface area contributed by atoms with Gasteiger partial charge in [-0.1, -0.05) is 45.9 Å². The summed E-state index contributed by atoms with van der Waals surface area (Å²) in [6, 6.07) is 7.81. The molecular weight excluding hydrogens is 352 g/mol. The second kappa shape index (κ2) is 8.59. The predicted molar refractivity (Wildman–Crippen MR) is 111 cm³/mol. The number of carbonyl (C=O) groups is 2. The summed E-state index contributed by atoms with van der Waals surface area (Å²) in [5.74, 6) is 0.539. The van der Waals surface area contributed by atoms with Gasteiger partial charge in [-0.05, 0) is 42.7 Å². The third-order valence-electron chi connectivity index (χ3n) is 5.04. The van der Waals surface area contributed by atoms with Crippen molar-refractivity contribution in [2.24, 2.45) is 5.92 Å². The van der Waals surface area contributed by atoms with E-state index in [9.17, 15) is 9.59 Å². The molecule has 6 heteroatoms. The Kier molecular flexibility index (Phi) is 6.17. The standard InChI is InChI=1S/C22H30N4O2/c1-14(2)13-23-22(28)20-25-19(18-11-7-8-12-26(18)20)21(27)24-17-10-6-5-9-16(17)15(3)4/h5-6,9-10,14-15H,7-8,11-13H2,1-4H3,(H,23,28)(H,24,27). The molecule has 0 spiro atoms. The second-order valence-electron chi connectivity index (χ2n) is 8.14. The largest absolute Gasteiger partial charge is 0.349 e. The lowest BCUT2D eigenvalue weighted by Crippen LogP contribution is -2.30. The quantitative estimate of drug-likeness (QED) is 0.793. The Morgan fingerprint density at radius 1 is 1.11 bits per heavy atom. The van der Waals surface area contributed by atoms with Gasteiger partial charge in [0, 0.05) is 18.8 Å². The molecule has 0 aliphatic carbocycles. The molecule has 0 atom stereocenters. The highest BCUT2D eigenvalue weighted by molar-refractivity contribution is 6.05. The summed E-state index contributed by atoms with van der Waals surface area (Å²) in [7, 11) is 0. The van der Waals surface area contributed by atoms with E-state index in [0.29, 0.717) is 29.9 Å². The molecule has 1 aromatic carbocycles. The van der Waals surface area contributed by atoms with E-state index in [0.717, 1.165) is 42.8 Å². The van der Waals surface area contributed by atoms with Gasteiger partial charge in [-0.2, -0.15) is 0 Å². The maximum atomic E-state index is 13.0. The van der Waals surface area contributed by atoms with Crippen LogP contribution >= 0.6 is 0 Å². The summed E-state index contributed by atoms with van der Waals surface area (Å²) in [6.45, 7) is 9.60. The molecule has 0 saturated carbocycles. The highest BCUT2D eigenvalue weighted by Crippen LogP contribution is 2.26. The number of hydrogen-bond acceptors (Lipinski definition) is 3. The Labute approximate surface area is 166 Å². The molecule has 6 nitrogen and oxygen atoms in total. The lowest BCUT2D eigenvalue weighted by molar-refractivity contribution is 0.0933. The van der Waals surface area contributed by atoms with Gasteiger partial charge in [-0.3, -0.25) is 9.59 Å². The Hall–Kier alpha value is -2.63. The van der Waals surface area contributed by atoms with E-state index in [1.54, 1.807) is 0 Å². The molecule has 2 aromatic rings. The molecule has 0 bridgehead atoms. The van der Waals surface area contributed by atoms with Gasteiger partial charge in [-0.25, -0.2) is 4.98 Å². The Morgan fingerprint density at radius 2 is 1.86 bits per heavy atom. The zero-order chi connectivity index (χ0) is 20.3. The van der Waals surface area contributed by atoms with Crippen LogP contribution in [-0.4, -0.2) is 27.9 Å². The van der Waals surface area contributed by atoms with E-state index in [1.165, 1.54) is 0 Å². The molecule has 2 N–H and O–H groups in total. The smallest absolute Gasteiger partial charge is 0.287 e. The van der Waals surface area contributed by atoms with Gasteiger partial charge in [0.2, 0.25) is 0 Å². The van der Waals surface area contributed by atoms with Crippen molar-refractivity contribution in [2.75, 3.05) is 11.9 Å². The lowest BCUT2D eigenvalue weighted by atomic mass is 10.0. The van der Waals surface area contributed by atoms with Gasteiger partial charge < -0.3 is 15.2 Å². The van der Waals surface area contributed by atoms with Gasteiger partial charge in [-0.15, -0.1) is 0 Å². The summed E-state index contributed by atoms with van der Waals surface area (Å²) in [4.78, 5) is 30.2. The zero-order valence-corrected chi connectivity index (χ0v) is 17.2. The van der Waals surface area contributed by atoms with Crippen LogP contribution in [0.1, 0.15) is 78.8 Å². The van der Waals surface area contributed by atoms with Crippen LogP contribution in [0.15, 0.2) is 24.3 Å². The molecule has 28 heavy (non-hydrogen) atoms. The Bertz CT molecular complexity index is 867. The minimum absolute atomic E-state index is 0.210. The van der Waals surface area contributed by atoms with Crippen molar-refractivity contribution in [1.82, 2.24) is 14.9 Å². The minimum atomic E-state index is -0.248. The van der Waals surface area contributed by atoms with Gasteiger partial charge in [0.15, 0.2) is 11.5 Å². The zero-order valence-electron chi connectivity index (χ0n) is 17.2. The molecule has 2 heterocycles. The number of aromatic nitrogens is 2. The van der Waals surface area contributed by atoms with Crippen molar-refractivity contribution in [3.63, 3.8) is 0 Å². The normalized spacial score (nSPS) is 13.5. The molecule has 1 aliphatic heterocycles. The van der Waals surface area contributed by atoms with Crippen LogP contribution in [-0.2, 0) is 13.0 Å². The van der Waals surface area contributed by atoms with E-state index >= 15 is 0 Å². The van der Waals surface area contributed by atoms with Crippen LogP contribution in [0, 0.1) is 5.92 Å². The number of rotatable bonds is 6. The summed E-state index contributed by atoms with van der Waals surface area (Å²) in [5.41, 5.74) is 3.11. The number of hydrogen-bond donors (Lipinski definition) is 2. The molecule has 150 valence electrons. The average molecular weight is 383 g/mol. The SMILES string of the molecule is CC(C)CNC(=O)c1nc(C(=O)Nc2ccccc2C(C)C)c2n1CCCC2. The van der Waals surface area contributed by atoms with Crippen molar-refractivity contribution in [3.05, 3.63) is 47.0 Å². The van der Waals surface area contributed by atoms with Crippen LogP contribution < -0.4 is 10.6 Å². The molecule has 1 aromatic heterocycles. The first-order valence-electron chi connectivity index (χ1n) is 10.2. The lowest BCUT2D eigenvalue weighted by Gasteiger charge is -2.17. The molecule has 0 saturated heterocycles. The summed E-state index contributed by atoms with van der Waals surface area (Å²) >= 11 is 0. The summed E-state index contributed by atoms with van der Waals surface area (Å²) in [6.07, 6.45) is 2.76. The first kappa shape index (κ1) is 20.1. The van der Waals surface area contributed by atoms with Gasteiger partial charge in [0.05, 0.1) is 5.69 Å². The number of amides is 2. The number of nitrogens with zero attached hydrogens (tertiary/aromatic N) is 2. The number of anilines is 1. The van der Waals surface area contributed by atoms with E-state index in [2.05, 4.69) is 29.5 Å². The van der Waals surface area contributed by atoms with E-state index < -0.39 is 0 Å². The number of benzene rings is 1. The van der Waals surface area contributed by atoms with Gasteiger partial charge in [0.1, 0.15) is 0 Å². The molecule has 0 fully saturated rings. The first-order chi connectivity index (χ1) is 13.4. The number of para-hydroxylation sites is 1. The molecule has 0 radical (unpaired) electrons. The third-order valence-corrected chi connectivity index (χ3v) is 5.04. The fourth-order valence-electron chi connectivity index (χ4n) is 3.57. The molecular formula is C22H30N4O2. The Morgan fingerprint density at radius 3 is 2.57 bits per heavy atom. The van der Waals surface area contributed by atoms with E-state index in [4.69, 9.17) is 0 Å². The number of nitrogens with one attached hydrogen (secondary N) is 2. The predicted octanol–water partition coefficient (Wildman–Crippen LogP) is 3.98. The maximum Gasteiger partial charge on any atom is 0.287 e. The summed E-state index contributed by atoms with van der Waals surface area (Å²) < 4.78 is 1.92. The van der Waals surface area contributed by atoms with Crippen LogP contribution in [0.5, 0.6) is 0 Å². The third kappa shape index (κ3) is 4.26. The van der Waals surface area contributed by atoms with Gasteiger partial charge >= 0.3 is 0 Å². The number of fused-ring (bicyclic) bond motifs is 1. The molecule has 2 amide bonds. The highest BCUT2D eigenvalue weighted by atomic mass is 16.2. The average Bonchev–Trinajstić information content (AvgIpc) is 3.06. The van der Waals surface area contributed by atoms with Crippen molar-refractivity contribution >= 4 is 17.5 Å². The van der Waals surface area contributed by atoms with Crippen molar-refractivity contribution in [2.45, 2.75) is 59.4 Å². The topological polar surface area (TPSA) is 76.0 Å².